The van der Waals surface area contributed by atoms with Crippen LogP contribution in [0.3, 0.4) is 0 Å². The lowest BCUT2D eigenvalue weighted by molar-refractivity contribution is 0.466. The van der Waals surface area contributed by atoms with Crippen LogP contribution in [0, 0.1) is 17.2 Å². The van der Waals surface area contributed by atoms with Gasteiger partial charge in [0.1, 0.15) is 0 Å². The lowest BCUT2D eigenvalue weighted by Crippen LogP contribution is -2.05. The molecule has 1 heterocycles. The first-order valence-corrected chi connectivity index (χ1v) is 6.36. The van der Waals surface area contributed by atoms with E-state index in [0.717, 1.165) is 23.4 Å². The Hall–Kier alpha value is -1.75. The Morgan fingerprint density at radius 3 is 2.82 bits per heavy atom. The fourth-order valence-electron chi connectivity index (χ4n) is 2.95. The molecule has 0 bridgehead atoms. The Balaban J connectivity index is 1.98. The van der Waals surface area contributed by atoms with Gasteiger partial charge >= 0.3 is 0 Å². The molecule has 17 heavy (non-hydrogen) atoms. The summed E-state index contributed by atoms with van der Waals surface area (Å²) in [4.78, 5) is 0. The summed E-state index contributed by atoms with van der Waals surface area (Å²) >= 11 is 0. The van der Waals surface area contributed by atoms with Gasteiger partial charge in [0.05, 0.1) is 11.6 Å². The van der Waals surface area contributed by atoms with Crippen molar-refractivity contribution >= 4 is 10.9 Å². The molecule has 0 unspecified atom stereocenters. The van der Waals surface area contributed by atoms with Gasteiger partial charge in [0.25, 0.3) is 0 Å². The molecule has 1 aliphatic carbocycles. The molecule has 86 valence electrons. The van der Waals surface area contributed by atoms with Crippen LogP contribution in [0.5, 0.6) is 0 Å². The lowest BCUT2D eigenvalue weighted by Gasteiger charge is -2.11. The summed E-state index contributed by atoms with van der Waals surface area (Å²) in [7, 11) is 0. The van der Waals surface area contributed by atoms with Crippen LogP contribution in [-0.2, 0) is 6.54 Å². The van der Waals surface area contributed by atoms with Crippen molar-refractivity contribution in [3.63, 3.8) is 0 Å². The molecule has 0 radical (unpaired) electrons. The number of hydrogen-bond donors (Lipinski definition) is 0. The third kappa shape index (κ3) is 1.82. The standard InChI is InChI=1S/C15H16N2/c16-10-13-6-3-7-15-14(13)8-9-17(15)11-12-4-1-2-5-12/h3,6-9,12H,1-2,4-5,11H2. The van der Waals surface area contributed by atoms with Gasteiger partial charge in [0.2, 0.25) is 0 Å². The molecule has 1 fully saturated rings. The molecule has 1 aliphatic rings. The van der Waals surface area contributed by atoms with Crippen LogP contribution in [0.15, 0.2) is 30.5 Å². The highest BCUT2D eigenvalue weighted by molar-refractivity contribution is 5.85. The van der Waals surface area contributed by atoms with Crippen LogP contribution in [0.2, 0.25) is 0 Å². The van der Waals surface area contributed by atoms with E-state index in [4.69, 9.17) is 5.26 Å². The van der Waals surface area contributed by atoms with Crippen molar-refractivity contribution in [1.29, 1.82) is 5.26 Å². The zero-order valence-electron chi connectivity index (χ0n) is 9.89. The van der Waals surface area contributed by atoms with Gasteiger partial charge in [-0.2, -0.15) is 5.26 Å². The highest BCUT2D eigenvalue weighted by atomic mass is 15.0. The average Bonchev–Trinajstić information content (AvgIpc) is 2.99. The monoisotopic (exact) mass is 224 g/mol. The van der Waals surface area contributed by atoms with Crippen molar-refractivity contribution in [1.82, 2.24) is 4.57 Å². The molecule has 0 atom stereocenters. The predicted octanol–water partition coefficient (Wildman–Crippen LogP) is 3.70. The Kier molecular flexibility index (Phi) is 2.60. The first kappa shape index (κ1) is 10.4. The van der Waals surface area contributed by atoms with Crippen molar-refractivity contribution in [2.45, 2.75) is 32.2 Å². The Labute approximate surface area is 101 Å². The van der Waals surface area contributed by atoms with E-state index in [0.29, 0.717) is 0 Å². The smallest absolute Gasteiger partial charge is 0.0998 e. The molecule has 2 heteroatoms. The third-order valence-corrected chi connectivity index (χ3v) is 3.86. The normalized spacial score (nSPS) is 16.4. The molecule has 2 aromatic rings. The highest BCUT2D eigenvalue weighted by Crippen LogP contribution is 2.28. The zero-order valence-corrected chi connectivity index (χ0v) is 9.89. The zero-order chi connectivity index (χ0) is 11.7. The topological polar surface area (TPSA) is 28.7 Å². The van der Waals surface area contributed by atoms with E-state index in [9.17, 15) is 0 Å². The van der Waals surface area contributed by atoms with E-state index < -0.39 is 0 Å². The van der Waals surface area contributed by atoms with E-state index in [2.05, 4.69) is 29.0 Å². The van der Waals surface area contributed by atoms with Crippen molar-refractivity contribution in [2.24, 2.45) is 5.92 Å². The van der Waals surface area contributed by atoms with Gasteiger partial charge in [-0.15, -0.1) is 0 Å². The van der Waals surface area contributed by atoms with Gasteiger partial charge in [-0.25, -0.2) is 0 Å². The molecule has 0 aliphatic heterocycles. The van der Waals surface area contributed by atoms with Gasteiger partial charge in [-0.1, -0.05) is 18.9 Å². The lowest BCUT2D eigenvalue weighted by atomic mass is 10.1. The maximum absolute atomic E-state index is 9.07. The third-order valence-electron chi connectivity index (χ3n) is 3.86. The molecular formula is C15H16N2. The Morgan fingerprint density at radius 2 is 2.06 bits per heavy atom. The van der Waals surface area contributed by atoms with E-state index in [1.54, 1.807) is 0 Å². The number of nitriles is 1. The predicted molar refractivity (Wildman–Crippen MR) is 68.6 cm³/mol. The van der Waals surface area contributed by atoms with Crippen LogP contribution in [0.1, 0.15) is 31.2 Å². The van der Waals surface area contributed by atoms with Crippen molar-refractivity contribution in [2.75, 3.05) is 0 Å². The number of aromatic nitrogens is 1. The van der Waals surface area contributed by atoms with Crippen LogP contribution < -0.4 is 0 Å². The van der Waals surface area contributed by atoms with Gasteiger partial charge in [-0.3, -0.25) is 0 Å². The minimum Gasteiger partial charge on any atom is -0.347 e. The van der Waals surface area contributed by atoms with Crippen LogP contribution in [0.25, 0.3) is 10.9 Å². The molecule has 1 saturated carbocycles. The Bertz CT molecular complexity index is 568. The second-order valence-electron chi connectivity index (χ2n) is 4.97. The molecule has 1 aromatic carbocycles. The molecule has 3 rings (SSSR count). The second-order valence-corrected chi connectivity index (χ2v) is 4.97. The maximum Gasteiger partial charge on any atom is 0.0998 e. The number of benzene rings is 1. The van der Waals surface area contributed by atoms with Gasteiger partial charge in [0, 0.05) is 23.6 Å². The van der Waals surface area contributed by atoms with Crippen LogP contribution in [0.4, 0.5) is 0 Å². The van der Waals surface area contributed by atoms with Crippen molar-refractivity contribution in [3.8, 4) is 6.07 Å². The average molecular weight is 224 g/mol. The summed E-state index contributed by atoms with van der Waals surface area (Å²) in [6.45, 7) is 1.11. The summed E-state index contributed by atoms with van der Waals surface area (Å²) < 4.78 is 2.31. The minimum atomic E-state index is 0.785. The fraction of sp³-hybridized carbons (Fsp3) is 0.400. The van der Waals surface area contributed by atoms with Gasteiger partial charge < -0.3 is 4.57 Å². The second kappa shape index (κ2) is 4.25. The molecule has 0 saturated heterocycles. The molecule has 0 N–H and O–H groups in total. The number of nitrogens with zero attached hydrogens (tertiary/aromatic N) is 2. The van der Waals surface area contributed by atoms with E-state index in [1.807, 2.05) is 12.1 Å². The highest BCUT2D eigenvalue weighted by Gasteiger charge is 2.16. The maximum atomic E-state index is 9.07. The van der Waals surface area contributed by atoms with Gasteiger partial charge in [-0.05, 0) is 37.0 Å². The van der Waals surface area contributed by atoms with Gasteiger partial charge in [0.15, 0.2) is 0 Å². The number of rotatable bonds is 2. The first-order valence-electron chi connectivity index (χ1n) is 6.36. The first-order chi connectivity index (χ1) is 8.38. The minimum absolute atomic E-state index is 0.785. The van der Waals surface area contributed by atoms with E-state index in [-0.39, 0.29) is 0 Å². The number of hydrogen-bond acceptors (Lipinski definition) is 1. The van der Waals surface area contributed by atoms with Crippen LogP contribution >= 0.6 is 0 Å². The molecular weight excluding hydrogens is 208 g/mol. The molecule has 0 spiro atoms. The largest absolute Gasteiger partial charge is 0.347 e. The quantitative estimate of drug-likeness (QED) is 0.764. The summed E-state index contributed by atoms with van der Waals surface area (Å²) in [5.41, 5.74) is 1.99. The number of fused-ring (bicyclic) bond motifs is 1. The SMILES string of the molecule is N#Cc1cccc2c1ccn2CC1CCCC1. The molecule has 2 nitrogen and oxygen atoms in total. The van der Waals surface area contributed by atoms with E-state index in [1.165, 1.54) is 31.2 Å². The summed E-state index contributed by atoms with van der Waals surface area (Å²) in [6, 6.07) is 10.3. The summed E-state index contributed by atoms with van der Waals surface area (Å²) in [5, 5.41) is 10.2. The molecule has 0 amide bonds. The molecule has 1 aromatic heterocycles. The summed E-state index contributed by atoms with van der Waals surface area (Å²) in [5.74, 6) is 0.830. The van der Waals surface area contributed by atoms with Crippen LogP contribution in [-0.4, -0.2) is 4.57 Å². The van der Waals surface area contributed by atoms with Crippen molar-refractivity contribution in [3.05, 3.63) is 36.0 Å². The Morgan fingerprint density at radius 1 is 1.24 bits per heavy atom. The fourth-order valence-corrected chi connectivity index (χ4v) is 2.95. The summed E-state index contributed by atoms with van der Waals surface area (Å²) in [6.07, 6.45) is 7.61. The van der Waals surface area contributed by atoms with Crippen molar-refractivity contribution < 1.29 is 0 Å². The van der Waals surface area contributed by atoms with E-state index >= 15 is 0 Å².